The van der Waals surface area contributed by atoms with E-state index >= 15 is 0 Å². The molecule has 1 aliphatic rings. The van der Waals surface area contributed by atoms with Crippen LogP contribution < -0.4 is 9.64 Å². The summed E-state index contributed by atoms with van der Waals surface area (Å²) < 4.78 is 12.0. The van der Waals surface area contributed by atoms with Crippen molar-refractivity contribution in [1.29, 1.82) is 0 Å². The number of carbonyl (C=O) groups excluding carboxylic acids is 2. The molecular formula is C27H24N2O5S. The molecule has 7 nitrogen and oxygen atoms in total. The van der Waals surface area contributed by atoms with Gasteiger partial charge in [-0.1, -0.05) is 29.5 Å². The van der Waals surface area contributed by atoms with Gasteiger partial charge >= 0.3 is 0 Å². The number of carbonyl (C=O) groups is 2. The number of amides is 1. The molecule has 0 bridgehead atoms. The molecule has 0 saturated carbocycles. The zero-order valence-corrected chi connectivity index (χ0v) is 20.6. The number of Topliss-reactive ketones (excluding diaryl/α,β-unsaturated/α-hetero) is 1. The molecule has 1 aliphatic heterocycles. The molecule has 1 amide bonds. The van der Waals surface area contributed by atoms with Gasteiger partial charge in [-0.2, -0.15) is 0 Å². The SMILES string of the molecule is CCOc1ccc([C@H]2C(C(=O)c3ccc(C)o3)=C(O)C(=O)N2c2nc3c(C)cc(C)cc3s2)cc1. The van der Waals surface area contributed by atoms with Crippen molar-refractivity contribution in [2.75, 3.05) is 11.5 Å². The van der Waals surface area contributed by atoms with Crippen LogP contribution in [-0.4, -0.2) is 28.4 Å². The van der Waals surface area contributed by atoms with Gasteiger partial charge in [0.25, 0.3) is 5.91 Å². The summed E-state index contributed by atoms with van der Waals surface area (Å²) in [6.07, 6.45) is 0. The molecule has 35 heavy (non-hydrogen) atoms. The fourth-order valence-electron chi connectivity index (χ4n) is 4.41. The van der Waals surface area contributed by atoms with E-state index in [0.717, 1.165) is 21.3 Å². The standard InChI is InChI=1S/C27H24N2O5S/c1-5-33-18-9-7-17(8-10-18)23-21(24(30)19-11-6-16(4)34-19)25(31)26(32)29(23)27-28-22-15(3)12-14(2)13-20(22)35-27/h6-13,23,31H,5H2,1-4H3/t23-/m0/s1. The van der Waals surface area contributed by atoms with Crippen molar-refractivity contribution in [3.63, 3.8) is 0 Å². The minimum atomic E-state index is -0.877. The predicted molar refractivity (Wildman–Crippen MR) is 134 cm³/mol. The first-order valence-corrected chi connectivity index (χ1v) is 12.1. The maximum Gasteiger partial charge on any atom is 0.296 e. The molecule has 178 valence electrons. The average Bonchev–Trinajstić information content (AvgIpc) is 3.51. The summed E-state index contributed by atoms with van der Waals surface area (Å²) >= 11 is 1.35. The van der Waals surface area contributed by atoms with Crippen molar-refractivity contribution in [3.05, 3.63) is 88.1 Å². The summed E-state index contributed by atoms with van der Waals surface area (Å²) in [5, 5.41) is 11.4. The molecule has 2 aromatic heterocycles. The summed E-state index contributed by atoms with van der Waals surface area (Å²) in [4.78, 5) is 33.0. The smallest absolute Gasteiger partial charge is 0.296 e. The van der Waals surface area contributed by atoms with Gasteiger partial charge in [-0.3, -0.25) is 14.5 Å². The van der Waals surface area contributed by atoms with E-state index in [4.69, 9.17) is 14.1 Å². The largest absolute Gasteiger partial charge is 0.503 e. The molecule has 1 N–H and O–H groups in total. The number of rotatable bonds is 6. The summed E-state index contributed by atoms with van der Waals surface area (Å²) in [5.41, 5.74) is 3.47. The lowest BCUT2D eigenvalue weighted by atomic mass is 9.95. The van der Waals surface area contributed by atoms with Gasteiger partial charge < -0.3 is 14.3 Å². The molecule has 1 atom stereocenters. The number of nitrogens with zero attached hydrogens (tertiary/aromatic N) is 2. The molecule has 0 unspecified atom stereocenters. The topological polar surface area (TPSA) is 92.9 Å². The molecular weight excluding hydrogens is 464 g/mol. The van der Waals surface area contributed by atoms with Gasteiger partial charge in [0.1, 0.15) is 11.5 Å². The van der Waals surface area contributed by atoms with E-state index in [1.165, 1.54) is 16.2 Å². The number of benzene rings is 2. The number of ether oxygens (including phenoxy) is 1. The monoisotopic (exact) mass is 488 g/mol. The van der Waals surface area contributed by atoms with Gasteiger partial charge in [-0.05, 0) is 74.7 Å². The van der Waals surface area contributed by atoms with Gasteiger partial charge in [0.2, 0.25) is 5.78 Å². The minimum absolute atomic E-state index is 0.0410. The normalized spacial score (nSPS) is 15.9. The number of thiazole rings is 1. The molecule has 2 aromatic carbocycles. The maximum absolute atomic E-state index is 13.5. The van der Waals surface area contributed by atoms with Crippen molar-refractivity contribution in [1.82, 2.24) is 4.98 Å². The Hall–Kier alpha value is -3.91. The van der Waals surface area contributed by atoms with Gasteiger partial charge in [0.15, 0.2) is 16.7 Å². The lowest BCUT2D eigenvalue weighted by Gasteiger charge is -2.24. The van der Waals surface area contributed by atoms with Crippen molar-refractivity contribution in [3.8, 4) is 5.75 Å². The third-order valence-electron chi connectivity index (χ3n) is 5.95. The Morgan fingerprint density at radius 1 is 1.14 bits per heavy atom. The highest BCUT2D eigenvalue weighted by Gasteiger charge is 2.46. The second kappa shape index (κ2) is 8.70. The number of fused-ring (bicyclic) bond motifs is 1. The van der Waals surface area contributed by atoms with Crippen LogP contribution in [0.15, 0.2) is 64.3 Å². The number of furan rings is 1. The number of aliphatic hydroxyl groups excluding tert-OH is 1. The average molecular weight is 489 g/mol. The second-order valence-electron chi connectivity index (χ2n) is 8.51. The summed E-state index contributed by atoms with van der Waals surface area (Å²) in [6, 6.07) is 13.5. The van der Waals surface area contributed by atoms with Crippen LogP contribution in [0.3, 0.4) is 0 Å². The number of aliphatic hydroxyl groups is 1. The zero-order valence-electron chi connectivity index (χ0n) is 19.8. The van der Waals surface area contributed by atoms with Crippen LogP contribution in [0.25, 0.3) is 10.2 Å². The van der Waals surface area contributed by atoms with E-state index in [1.807, 2.05) is 32.9 Å². The van der Waals surface area contributed by atoms with Crippen molar-refractivity contribution in [2.45, 2.75) is 33.7 Å². The Labute approximate surface area is 206 Å². The molecule has 5 rings (SSSR count). The quantitative estimate of drug-likeness (QED) is 0.335. The van der Waals surface area contributed by atoms with Gasteiger partial charge in [-0.25, -0.2) is 4.98 Å². The van der Waals surface area contributed by atoms with Crippen LogP contribution in [0.1, 0.15) is 46.0 Å². The molecule has 4 aromatic rings. The fourth-order valence-corrected chi connectivity index (χ4v) is 5.58. The Morgan fingerprint density at radius 3 is 2.54 bits per heavy atom. The van der Waals surface area contributed by atoms with E-state index in [2.05, 4.69) is 0 Å². The lowest BCUT2D eigenvalue weighted by molar-refractivity contribution is -0.117. The summed E-state index contributed by atoms with van der Waals surface area (Å²) in [5.74, 6) is -0.534. The second-order valence-corrected chi connectivity index (χ2v) is 9.52. The van der Waals surface area contributed by atoms with Crippen LogP contribution in [0.5, 0.6) is 5.75 Å². The maximum atomic E-state index is 13.5. The first kappa shape index (κ1) is 22.9. The van der Waals surface area contributed by atoms with E-state index in [-0.39, 0.29) is 11.3 Å². The highest BCUT2D eigenvalue weighted by molar-refractivity contribution is 7.22. The van der Waals surface area contributed by atoms with Crippen LogP contribution in [0, 0.1) is 20.8 Å². The first-order chi connectivity index (χ1) is 16.8. The summed E-state index contributed by atoms with van der Waals surface area (Å²) in [7, 11) is 0. The molecule has 3 heterocycles. The Morgan fingerprint density at radius 2 is 1.89 bits per heavy atom. The first-order valence-electron chi connectivity index (χ1n) is 11.3. The minimum Gasteiger partial charge on any atom is -0.503 e. The highest BCUT2D eigenvalue weighted by Crippen LogP contribution is 2.45. The number of hydrogen-bond donors (Lipinski definition) is 1. The van der Waals surface area contributed by atoms with Crippen molar-refractivity contribution in [2.24, 2.45) is 0 Å². The number of ketones is 1. The van der Waals surface area contributed by atoms with Crippen molar-refractivity contribution >= 4 is 38.4 Å². The Bertz CT molecular complexity index is 1500. The highest BCUT2D eigenvalue weighted by atomic mass is 32.1. The van der Waals surface area contributed by atoms with Crippen molar-refractivity contribution < 1.29 is 23.8 Å². The zero-order chi connectivity index (χ0) is 24.9. The molecule has 0 spiro atoms. The number of aryl methyl sites for hydroxylation is 3. The number of anilines is 1. The van der Waals surface area contributed by atoms with Crippen LogP contribution in [0.4, 0.5) is 5.13 Å². The molecule has 0 radical (unpaired) electrons. The fraction of sp³-hybridized carbons (Fsp3) is 0.222. The van der Waals surface area contributed by atoms with Gasteiger partial charge in [0, 0.05) is 0 Å². The van der Waals surface area contributed by atoms with Crippen LogP contribution >= 0.6 is 11.3 Å². The summed E-state index contributed by atoms with van der Waals surface area (Å²) in [6.45, 7) is 8.11. The number of aromatic nitrogens is 1. The van der Waals surface area contributed by atoms with E-state index in [1.54, 1.807) is 43.3 Å². The Balaban J connectivity index is 1.66. The van der Waals surface area contributed by atoms with Crippen LogP contribution in [0.2, 0.25) is 0 Å². The molecule has 0 saturated heterocycles. The number of hydrogen-bond acceptors (Lipinski definition) is 7. The molecule has 0 aliphatic carbocycles. The van der Waals surface area contributed by atoms with Gasteiger partial charge in [0.05, 0.1) is 28.4 Å². The predicted octanol–water partition coefficient (Wildman–Crippen LogP) is 6.00. The third-order valence-corrected chi connectivity index (χ3v) is 6.95. The van der Waals surface area contributed by atoms with Crippen LogP contribution in [-0.2, 0) is 4.79 Å². The molecule has 0 fully saturated rings. The van der Waals surface area contributed by atoms with E-state index < -0.39 is 23.5 Å². The Kier molecular flexibility index (Phi) is 5.68. The third kappa shape index (κ3) is 3.89. The van der Waals surface area contributed by atoms with E-state index in [9.17, 15) is 14.7 Å². The van der Waals surface area contributed by atoms with E-state index in [0.29, 0.717) is 28.8 Å². The lowest BCUT2D eigenvalue weighted by Crippen LogP contribution is -2.30. The molecule has 8 heteroatoms. The van der Waals surface area contributed by atoms with Gasteiger partial charge in [-0.15, -0.1) is 0 Å².